The lowest BCUT2D eigenvalue weighted by Crippen LogP contribution is -2.52. The maximum Gasteiger partial charge on any atom is 0.340 e. The van der Waals surface area contributed by atoms with E-state index in [1.54, 1.807) is 97.9 Å². The Kier molecular flexibility index (Phi) is 8.48. The van der Waals surface area contributed by atoms with Gasteiger partial charge < -0.3 is 18.9 Å². The Morgan fingerprint density at radius 1 is 0.913 bits per heavy atom. The molecule has 1 aliphatic heterocycles. The van der Waals surface area contributed by atoms with E-state index < -0.39 is 35.8 Å². The van der Waals surface area contributed by atoms with Crippen molar-refractivity contribution in [3.63, 3.8) is 0 Å². The lowest BCUT2D eigenvalue weighted by molar-refractivity contribution is -0.125. The number of carbonyl (C=O) groups excluding carboxylic acids is 3. The third kappa shape index (κ3) is 5.79. The van der Waals surface area contributed by atoms with Gasteiger partial charge in [0.25, 0.3) is 5.72 Å². The van der Waals surface area contributed by atoms with Crippen molar-refractivity contribution in [2.45, 2.75) is 24.9 Å². The molecular formula is C34H25ClN4O7. The molecule has 0 N–H and O–H groups in total. The Bertz CT molecular complexity index is 1960. The van der Waals surface area contributed by atoms with Gasteiger partial charge >= 0.3 is 17.9 Å². The summed E-state index contributed by atoms with van der Waals surface area (Å²) in [6, 6.07) is 26.8. The number of hydrogen-bond donors (Lipinski definition) is 0. The predicted molar refractivity (Wildman–Crippen MR) is 164 cm³/mol. The van der Waals surface area contributed by atoms with Crippen LogP contribution < -0.4 is 0 Å². The summed E-state index contributed by atoms with van der Waals surface area (Å²) < 4.78 is 25.5. The molecule has 1 fully saturated rings. The second-order valence-corrected chi connectivity index (χ2v) is 10.7. The van der Waals surface area contributed by atoms with Crippen molar-refractivity contribution < 1.29 is 33.3 Å². The topological polar surface area (TPSA) is 143 Å². The molecule has 0 bridgehead atoms. The Hall–Kier alpha value is -5.57. The number of rotatable bonds is 8. The van der Waals surface area contributed by atoms with Crippen LogP contribution in [0.5, 0.6) is 0 Å². The van der Waals surface area contributed by atoms with E-state index in [4.69, 9.17) is 30.5 Å². The van der Waals surface area contributed by atoms with E-state index in [1.807, 2.05) is 0 Å². The van der Waals surface area contributed by atoms with E-state index in [-0.39, 0.29) is 51.9 Å². The first-order valence-corrected chi connectivity index (χ1v) is 14.5. The van der Waals surface area contributed by atoms with Gasteiger partial charge in [-0.15, -0.1) is 0 Å². The van der Waals surface area contributed by atoms with Crippen LogP contribution in [0.25, 0.3) is 11.0 Å². The van der Waals surface area contributed by atoms with Crippen LogP contribution in [0.1, 0.15) is 42.5 Å². The van der Waals surface area contributed by atoms with Gasteiger partial charge in [0, 0.05) is 6.20 Å². The molecule has 46 heavy (non-hydrogen) atoms. The molecule has 5 aromatic rings. The normalized spacial score (nSPS) is 18.9. The molecule has 3 aromatic carbocycles. The zero-order valence-corrected chi connectivity index (χ0v) is 25.1. The second kappa shape index (κ2) is 12.8. The van der Waals surface area contributed by atoms with E-state index in [0.29, 0.717) is 5.56 Å². The molecule has 0 radical (unpaired) electrons. The Morgan fingerprint density at radius 2 is 1.48 bits per heavy atom. The van der Waals surface area contributed by atoms with Crippen molar-refractivity contribution in [1.29, 1.82) is 5.26 Å². The first-order valence-electron chi connectivity index (χ1n) is 14.1. The molecule has 3 heterocycles. The molecule has 12 heteroatoms. The lowest BCUT2D eigenvalue weighted by atomic mass is 10.0. The number of carbonyl (C=O) groups is 3. The van der Waals surface area contributed by atoms with Crippen molar-refractivity contribution >= 4 is 40.5 Å². The highest BCUT2D eigenvalue weighted by molar-refractivity contribution is 6.34. The largest absolute Gasteiger partial charge is 0.459 e. The van der Waals surface area contributed by atoms with Gasteiger partial charge in [-0.2, -0.15) is 5.26 Å². The lowest BCUT2D eigenvalue weighted by Gasteiger charge is -2.35. The van der Waals surface area contributed by atoms with Gasteiger partial charge in [-0.3, -0.25) is 4.57 Å². The van der Waals surface area contributed by atoms with Crippen molar-refractivity contribution in [2.75, 3.05) is 13.2 Å². The number of benzene rings is 3. The van der Waals surface area contributed by atoms with Crippen molar-refractivity contribution in [1.82, 2.24) is 14.5 Å². The molecule has 0 saturated carbocycles. The van der Waals surface area contributed by atoms with Crippen molar-refractivity contribution in [3.05, 3.63) is 130 Å². The number of aromatic nitrogens is 3. The minimum Gasteiger partial charge on any atom is -0.459 e. The summed E-state index contributed by atoms with van der Waals surface area (Å²) >= 11 is 6.49. The highest BCUT2D eigenvalue weighted by Crippen LogP contribution is 2.41. The first-order chi connectivity index (χ1) is 22.3. The molecular weight excluding hydrogens is 612 g/mol. The summed E-state index contributed by atoms with van der Waals surface area (Å²) in [6.07, 6.45) is -1.13. The minimum absolute atomic E-state index is 0.00687. The summed E-state index contributed by atoms with van der Waals surface area (Å²) in [4.78, 5) is 48.9. The number of halogens is 1. The fourth-order valence-electron chi connectivity index (χ4n) is 5.26. The molecule has 0 spiro atoms. The second-order valence-electron chi connectivity index (χ2n) is 10.4. The van der Waals surface area contributed by atoms with Crippen molar-refractivity contribution in [2.24, 2.45) is 0 Å². The van der Waals surface area contributed by atoms with Crippen LogP contribution in [0.2, 0.25) is 5.15 Å². The zero-order valence-electron chi connectivity index (χ0n) is 24.3. The van der Waals surface area contributed by atoms with E-state index in [0.717, 1.165) is 0 Å². The molecule has 2 aromatic heterocycles. The Morgan fingerprint density at radius 3 is 2.07 bits per heavy atom. The van der Waals surface area contributed by atoms with Crippen LogP contribution in [0.15, 0.2) is 97.2 Å². The Balaban J connectivity index is 1.49. The average molecular weight is 637 g/mol. The summed E-state index contributed by atoms with van der Waals surface area (Å²) in [5, 5.41) is 10.2. The standard InChI is InChI=1S/C34H25ClN4O7/c1-21-37-29(35)27-25(17-36)18-39(30(27)38-21)34(46-33(42)24-15-9-4-10-16-24)20-44-26(19-43-31(40)22-11-5-2-6-12-22)28(34)45-32(41)23-13-7-3-8-14-23/h2-16,18,26,28H,19-20H2,1H3/t26-,28-,34?/m1/s1. The van der Waals surface area contributed by atoms with Crippen LogP contribution in [-0.4, -0.2) is 57.9 Å². The summed E-state index contributed by atoms with van der Waals surface area (Å²) in [5.74, 6) is -1.89. The number of fused-ring (bicyclic) bond motifs is 1. The zero-order chi connectivity index (χ0) is 32.3. The fourth-order valence-corrected chi connectivity index (χ4v) is 5.57. The summed E-state index contributed by atoms with van der Waals surface area (Å²) in [5.41, 5.74) is -0.997. The number of aryl methyl sites for hydroxylation is 1. The number of esters is 3. The predicted octanol–water partition coefficient (Wildman–Crippen LogP) is 5.26. The SMILES string of the molecule is Cc1nc(Cl)c2c(C#N)cn(C3(OC(=O)c4ccccc4)CO[C@H](COC(=O)c4ccccc4)[C@H]3OC(=O)c3ccccc3)c2n1. The van der Waals surface area contributed by atoms with Gasteiger partial charge in [-0.1, -0.05) is 66.2 Å². The number of nitrogens with zero attached hydrogens (tertiary/aromatic N) is 4. The van der Waals surface area contributed by atoms with Crippen LogP contribution in [0, 0.1) is 18.3 Å². The highest BCUT2D eigenvalue weighted by Gasteiger charge is 2.58. The van der Waals surface area contributed by atoms with Crippen LogP contribution in [-0.2, 0) is 24.7 Å². The van der Waals surface area contributed by atoms with Gasteiger partial charge in [0.1, 0.15) is 42.0 Å². The fraction of sp³-hybridized carbons (Fsp3) is 0.176. The molecule has 3 atom stereocenters. The molecule has 1 unspecified atom stereocenters. The van der Waals surface area contributed by atoms with Gasteiger partial charge in [0.05, 0.1) is 27.6 Å². The number of hydrogen-bond acceptors (Lipinski definition) is 10. The summed E-state index contributed by atoms with van der Waals surface area (Å²) in [7, 11) is 0. The smallest absolute Gasteiger partial charge is 0.340 e. The van der Waals surface area contributed by atoms with Gasteiger partial charge in [-0.05, 0) is 43.3 Å². The third-order valence-electron chi connectivity index (χ3n) is 7.44. The van der Waals surface area contributed by atoms with Gasteiger partial charge in [0.15, 0.2) is 6.10 Å². The quantitative estimate of drug-likeness (QED) is 0.126. The maximum atomic E-state index is 13.7. The van der Waals surface area contributed by atoms with Crippen LogP contribution in [0.3, 0.4) is 0 Å². The molecule has 11 nitrogen and oxygen atoms in total. The molecule has 230 valence electrons. The number of ether oxygens (including phenoxy) is 4. The third-order valence-corrected chi connectivity index (χ3v) is 7.71. The monoisotopic (exact) mass is 636 g/mol. The Labute approximate surface area is 267 Å². The molecule has 1 aliphatic rings. The van der Waals surface area contributed by atoms with E-state index in [9.17, 15) is 19.6 Å². The molecule has 0 amide bonds. The van der Waals surface area contributed by atoms with Crippen molar-refractivity contribution in [3.8, 4) is 6.07 Å². The molecule has 1 saturated heterocycles. The van der Waals surface area contributed by atoms with Gasteiger partial charge in [0.2, 0.25) is 0 Å². The van der Waals surface area contributed by atoms with Gasteiger partial charge in [-0.25, -0.2) is 24.4 Å². The first kappa shape index (κ1) is 30.5. The van der Waals surface area contributed by atoms with E-state index in [1.165, 1.54) is 10.8 Å². The highest BCUT2D eigenvalue weighted by atomic mass is 35.5. The number of nitriles is 1. The molecule has 0 aliphatic carbocycles. The van der Waals surface area contributed by atoms with Crippen LogP contribution in [0.4, 0.5) is 0 Å². The summed E-state index contributed by atoms with van der Waals surface area (Å²) in [6.45, 7) is 0.868. The maximum absolute atomic E-state index is 13.7. The van der Waals surface area contributed by atoms with E-state index >= 15 is 0 Å². The average Bonchev–Trinajstić information content (AvgIpc) is 3.63. The molecule has 6 rings (SSSR count). The minimum atomic E-state index is -1.95. The van der Waals surface area contributed by atoms with E-state index in [2.05, 4.69) is 16.0 Å². The van der Waals surface area contributed by atoms with Crippen LogP contribution >= 0.6 is 11.6 Å².